The van der Waals surface area contributed by atoms with Crippen LogP contribution < -0.4 is 9.62 Å². The van der Waals surface area contributed by atoms with E-state index >= 15 is 0 Å². The Morgan fingerprint density at radius 3 is 2.07 bits per heavy atom. The molecule has 0 heterocycles. The molecule has 9 heteroatoms. The summed E-state index contributed by atoms with van der Waals surface area (Å²) in [7, 11) is -4.20. The van der Waals surface area contributed by atoms with Gasteiger partial charge in [0.15, 0.2) is 0 Å². The molecule has 230 valence electrons. The molecule has 1 N–H and O–H groups in total. The Morgan fingerprint density at radius 2 is 1.43 bits per heavy atom. The summed E-state index contributed by atoms with van der Waals surface area (Å²) < 4.78 is 29.4. The van der Waals surface area contributed by atoms with Gasteiger partial charge in [0.25, 0.3) is 10.0 Å². The molecule has 0 aliphatic heterocycles. The fourth-order valence-electron chi connectivity index (χ4n) is 5.00. The van der Waals surface area contributed by atoms with E-state index in [1.54, 1.807) is 43.3 Å². The van der Waals surface area contributed by atoms with Crippen molar-refractivity contribution in [3.8, 4) is 0 Å². The SMILES string of the molecule is Cc1ccccc1CN(C(=O)CN(c1cccc(Cl)c1C)S(=O)(=O)c1ccccc1)[C@H](Cc1ccccc1)C(=O)NC(C)C. The lowest BCUT2D eigenvalue weighted by Gasteiger charge is -2.34. The topological polar surface area (TPSA) is 86.8 Å². The van der Waals surface area contributed by atoms with Gasteiger partial charge in [-0.3, -0.25) is 13.9 Å². The highest BCUT2D eigenvalue weighted by Gasteiger charge is 2.35. The third kappa shape index (κ3) is 7.87. The summed E-state index contributed by atoms with van der Waals surface area (Å²) in [6.45, 7) is 6.96. The van der Waals surface area contributed by atoms with Crippen molar-refractivity contribution in [1.82, 2.24) is 10.2 Å². The zero-order valence-electron chi connectivity index (χ0n) is 25.4. The van der Waals surface area contributed by atoms with E-state index in [0.29, 0.717) is 10.6 Å². The van der Waals surface area contributed by atoms with Crippen LogP contribution in [0, 0.1) is 13.8 Å². The van der Waals surface area contributed by atoms with Crippen LogP contribution in [0.2, 0.25) is 5.02 Å². The van der Waals surface area contributed by atoms with Crippen LogP contribution in [0.1, 0.15) is 36.1 Å². The molecule has 7 nitrogen and oxygen atoms in total. The summed E-state index contributed by atoms with van der Waals surface area (Å²) in [5.41, 5.74) is 3.49. The lowest BCUT2D eigenvalue weighted by Crippen LogP contribution is -2.54. The number of sulfonamides is 1. The van der Waals surface area contributed by atoms with Gasteiger partial charge in [-0.15, -0.1) is 0 Å². The molecular formula is C35H38ClN3O4S. The first kappa shape index (κ1) is 32.8. The fraction of sp³-hybridized carbons (Fsp3) is 0.257. The van der Waals surface area contributed by atoms with Crippen molar-refractivity contribution in [2.24, 2.45) is 0 Å². The van der Waals surface area contributed by atoms with Crippen molar-refractivity contribution in [3.63, 3.8) is 0 Å². The van der Waals surface area contributed by atoms with E-state index < -0.39 is 28.5 Å². The van der Waals surface area contributed by atoms with Gasteiger partial charge in [0.2, 0.25) is 11.8 Å². The van der Waals surface area contributed by atoms with E-state index in [-0.39, 0.29) is 35.5 Å². The lowest BCUT2D eigenvalue weighted by atomic mass is 10.0. The minimum Gasteiger partial charge on any atom is -0.352 e. The maximum absolute atomic E-state index is 14.5. The number of nitrogens with zero attached hydrogens (tertiary/aromatic N) is 2. The first-order valence-corrected chi connectivity index (χ1v) is 16.3. The molecule has 1 atom stereocenters. The Kier molecular flexibility index (Phi) is 10.8. The molecule has 4 aromatic rings. The summed E-state index contributed by atoms with van der Waals surface area (Å²) in [4.78, 5) is 29.9. The van der Waals surface area contributed by atoms with E-state index in [4.69, 9.17) is 11.6 Å². The number of hydrogen-bond acceptors (Lipinski definition) is 4. The second kappa shape index (κ2) is 14.6. The predicted molar refractivity (Wildman–Crippen MR) is 176 cm³/mol. The molecule has 0 aromatic heterocycles. The Morgan fingerprint density at radius 1 is 0.818 bits per heavy atom. The van der Waals surface area contributed by atoms with Crippen LogP contribution in [0.25, 0.3) is 0 Å². The average molecular weight is 632 g/mol. The van der Waals surface area contributed by atoms with Crippen molar-refractivity contribution in [2.75, 3.05) is 10.8 Å². The van der Waals surface area contributed by atoms with E-state index in [9.17, 15) is 18.0 Å². The normalized spacial score (nSPS) is 12.0. The van der Waals surface area contributed by atoms with Crippen LogP contribution >= 0.6 is 11.6 Å². The second-order valence-electron chi connectivity index (χ2n) is 11.0. The first-order chi connectivity index (χ1) is 21.0. The zero-order valence-corrected chi connectivity index (χ0v) is 27.0. The van der Waals surface area contributed by atoms with Gasteiger partial charge in [-0.1, -0.05) is 90.5 Å². The van der Waals surface area contributed by atoms with E-state index in [1.165, 1.54) is 17.0 Å². The standard InChI is InChI=1S/C35H38ClN3O4S/c1-25(2)37-35(41)33(22-28-15-7-5-8-16-28)38(23-29-17-12-11-14-26(29)3)34(40)24-39(32-21-13-20-31(36)27(32)4)44(42,43)30-18-9-6-10-19-30/h5-21,25,33H,22-24H2,1-4H3,(H,37,41)/t33-/m1/s1. The molecule has 0 spiro atoms. The van der Waals surface area contributed by atoms with E-state index in [2.05, 4.69) is 5.32 Å². The van der Waals surface area contributed by atoms with Gasteiger partial charge in [-0.25, -0.2) is 8.42 Å². The molecule has 4 rings (SSSR count). The van der Waals surface area contributed by atoms with Crippen LogP contribution in [0.3, 0.4) is 0 Å². The fourth-order valence-corrected chi connectivity index (χ4v) is 6.67. The number of rotatable bonds is 12. The third-order valence-electron chi connectivity index (χ3n) is 7.42. The Bertz CT molecular complexity index is 1700. The van der Waals surface area contributed by atoms with Crippen LogP contribution in [-0.4, -0.2) is 43.8 Å². The molecule has 0 saturated heterocycles. The summed E-state index contributed by atoms with van der Waals surface area (Å²) in [5, 5.41) is 3.35. The Balaban J connectivity index is 1.84. The largest absolute Gasteiger partial charge is 0.352 e. The van der Waals surface area contributed by atoms with Crippen molar-refractivity contribution in [1.29, 1.82) is 0 Å². The zero-order chi connectivity index (χ0) is 31.9. The molecule has 0 fully saturated rings. The number of nitrogens with one attached hydrogen (secondary N) is 1. The number of carbonyl (C=O) groups excluding carboxylic acids is 2. The summed E-state index contributed by atoms with van der Waals surface area (Å²) in [6.07, 6.45) is 0.249. The molecule has 0 radical (unpaired) electrons. The van der Waals surface area contributed by atoms with Gasteiger partial charge < -0.3 is 10.2 Å². The number of hydrogen-bond donors (Lipinski definition) is 1. The minimum absolute atomic E-state index is 0.0380. The summed E-state index contributed by atoms with van der Waals surface area (Å²) in [6, 6.07) is 29.0. The highest BCUT2D eigenvalue weighted by molar-refractivity contribution is 7.92. The van der Waals surface area contributed by atoms with Crippen molar-refractivity contribution in [2.45, 2.75) is 57.6 Å². The molecular weight excluding hydrogens is 594 g/mol. The number of benzene rings is 4. The summed E-state index contributed by atoms with van der Waals surface area (Å²) in [5.74, 6) is -0.839. The minimum atomic E-state index is -4.20. The number of amides is 2. The van der Waals surface area contributed by atoms with Crippen LogP contribution in [0.5, 0.6) is 0 Å². The number of halogens is 1. The maximum Gasteiger partial charge on any atom is 0.264 e. The van der Waals surface area contributed by atoms with Crippen LogP contribution in [-0.2, 0) is 32.6 Å². The molecule has 0 aliphatic carbocycles. The monoisotopic (exact) mass is 631 g/mol. The quantitative estimate of drug-likeness (QED) is 0.198. The highest BCUT2D eigenvalue weighted by Crippen LogP contribution is 2.31. The lowest BCUT2D eigenvalue weighted by molar-refractivity contribution is -0.140. The smallest absolute Gasteiger partial charge is 0.264 e. The average Bonchev–Trinajstić information content (AvgIpc) is 3.00. The first-order valence-electron chi connectivity index (χ1n) is 14.5. The molecule has 0 saturated carbocycles. The molecule has 4 aromatic carbocycles. The van der Waals surface area contributed by atoms with Gasteiger partial charge >= 0.3 is 0 Å². The number of anilines is 1. The van der Waals surface area contributed by atoms with E-state index in [0.717, 1.165) is 21.0 Å². The van der Waals surface area contributed by atoms with Crippen molar-refractivity contribution in [3.05, 3.63) is 130 Å². The van der Waals surface area contributed by atoms with Crippen LogP contribution in [0.4, 0.5) is 5.69 Å². The molecule has 0 unspecified atom stereocenters. The highest BCUT2D eigenvalue weighted by atomic mass is 35.5. The third-order valence-corrected chi connectivity index (χ3v) is 9.61. The Labute approximate surface area is 265 Å². The molecule has 44 heavy (non-hydrogen) atoms. The van der Waals surface area contributed by atoms with Crippen molar-refractivity contribution < 1.29 is 18.0 Å². The maximum atomic E-state index is 14.5. The van der Waals surface area contributed by atoms with Gasteiger partial charge in [0.05, 0.1) is 10.6 Å². The molecule has 0 bridgehead atoms. The molecule has 0 aliphatic rings. The summed E-state index contributed by atoms with van der Waals surface area (Å²) >= 11 is 6.44. The van der Waals surface area contributed by atoms with Gasteiger partial charge in [-0.2, -0.15) is 0 Å². The molecule has 2 amide bonds. The second-order valence-corrected chi connectivity index (χ2v) is 13.3. The van der Waals surface area contributed by atoms with E-state index in [1.807, 2.05) is 75.4 Å². The van der Waals surface area contributed by atoms with Crippen molar-refractivity contribution >= 4 is 39.1 Å². The van der Waals surface area contributed by atoms with Gasteiger partial charge in [0, 0.05) is 24.0 Å². The van der Waals surface area contributed by atoms with Gasteiger partial charge in [0.1, 0.15) is 12.6 Å². The van der Waals surface area contributed by atoms with Crippen LogP contribution in [0.15, 0.2) is 108 Å². The number of carbonyl (C=O) groups is 2. The van der Waals surface area contributed by atoms with Gasteiger partial charge in [-0.05, 0) is 74.2 Å². The predicted octanol–water partition coefficient (Wildman–Crippen LogP) is 6.32. The number of aryl methyl sites for hydroxylation is 1. The Hall–Kier alpha value is -4.14.